The van der Waals surface area contributed by atoms with Crippen molar-refractivity contribution in [3.8, 4) is 0 Å². The van der Waals surface area contributed by atoms with Gasteiger partial charge >= 0.3 is 0 Å². The third kappa shape index (κ3) is 5.99. The molecule has 1 N–H and O–H groups in total. The maximum absolute atomic E-state index is 9.33. The summed E-state index contributed by atoms with van der Waals surface area (Å²) >= 11 is 0. The van der Waals surface area contributed by atoms with Crippen LogP contribution in [0.15, 0.2) is 12.3 Å². The summed E-state index contributed by atoms with van der Waals surface area (Å²) in [5.41, 5.74) is 7.31. The first kappa shape index (κ1) is 18.5. The number of hydrogen-bond acceptors (Lipinski definition) is 1. The summed E-state index contributed by atoms with van der Waals surface area (Å²) in [5, 5.41) is 9.33. The van der Waals surface area contributed by atoms with Gasteiger partial charge in [0.05, 0.1) is 0 Å². The predicted molar refractivity (Wildman–Crippen MR) is 82.7 cm³/mol. The molecule has 0 aromatic rings. The van der Waals surface area contributed by atoms with Crippen LogP contribution in [0.1, 0.15) is 66.7 Å². The molecule has 2 nitrogen and oxygen atoms in total. The third-order valence-electron chi connectivity index (χ3n) is 4.73. The van der Waals surface area contributed by atoms with Crippen LogP contribution < -0.4 is 5.11 Å². The van der Waals surface area contributed by atoms with Crippen LogP contribution in [0.25, 0.3) is 5.73 Å². The quantitative estimate of drug-likeness (QED) is 0.663. The summed E-state index contributed by atoms with van der Waals surface area (Å²) in [4.78, 5) is 0. The molecule has 3 unspecified atom stereocenters. The molecule has 0 aromatic heterocycles. The van der Waals surface area contributed by atoms with Crippen molar-refractivity contribution in [3.05, 3.63) is 18.1 Å². The smallest absolute Gasteiger partial charge is 0.0295 e. The van der Waals surface area contributed by atoms with Crippen molar-refractivity contribution < 1.29 is 5.11 Å². The molecule has 0 saturated heterocycles. The van der Waals surface area contributed by atoms with Crippen molar-refractivity contribution in [2.75, 3.05) is 6.54 Å². The van der Waals surface area contributed by atoms with Crippen molar-refractivity contribution in [2.24, 2.45) is 23.2 Å². The van der Waals surface area contributed by atoms with Crippen molar-refractivity contribution in [1.29, 1.82) is 0 Å². The highest BCUT2D eigenvalue weighted by molar-refractivity contribution is 5.01. The van der Waals surface area contributed by atoms with E-state index in [1.807, 2.05) is 0 Å². The van der Waals surface area contributed by atoms with E-state index in [2.05, 4.69) is 34.3 Å². The molecule has 0 aromatic carbocycles. The first-order valence-corrected chi connectivity index (χ1v) is 7.74. The Morgan fingerprint density at radius 2 is 1.89 bits per heavy atom. The zero-order valence-corrected chi connectivity index (χ0v) is 13.6. The molecular formula is C17H33NO-2. The maximum atomic E-state index is 9.33. The Balaban J connectivity index is 0.000000307. The Kier molecular flexibility index (Phi) is 8.40. The predicted octanol–water partition coefficient (Wildman–Crippen LogP) is 4.80. The van der Waals surface area contributed by atoms with Gasteiger partial charge in [-0.25, -0.2) is 0 Å². The Bertz CT molecular complexity index is 252. The lowest BCUT2D eigenvalue weighted by molar-refractivity contribution is -0.300. The molecule has 0 spiro atoms. The lowest BCUT2D eigenvalue weighted by Gasteiger charge is -2.59. The van der Waals surface area contributed by atoms with Crippen LogP contribution >= 0.6 is 0 Å². The van der Waals surface area contributed by atoms with Gasteiger partial charge in [0.15, 0.2) is 0 Å². The maximum Gasteiger partial charge on any atom is -0.0295 e. The fraction of sp³-hybridized carbons (Fsp3) is 0.882. The van der Waals surface area contributed by atoms with E-state index in [9.17, 15) is 5.11 Å². The van der Waals surface area contributed by atoms with Crippen molar-refractivity contribution in [1.82, 2.24) is 0 Å². The van der Waals surface area contributed by atoms with Crippen molar-refractivity contribution >= 4 is 0 Å². The molecule has 19 heavy (non-hydrogen) atoms. The Morgan fingerprint density at radius 1 is 1.37 bits per heavy atom. The molecule has 3 aliphatic rings. The minimum Gasteiger partial charge on any atom is -0.876 e. The number of allylic oxidation sites excluding steroid dienone is 1. The molecule has 0 aliphatic heterocycles. The molecule has 0 amide bonds. The van der Waals surface area contributed by atoms with E-state index in [4.69, 9.17) is 5.73 Å². The first-order chi connectivity index (χ1) is 8.77. The molecule has 3 aliphatic carbocycles. The fourth-order valence-corrected chi connectivity index (χ4v) is 3.35. The van der Waals surface area contributed by atoms with E-state index in [0.717, 1.165) is 30.6 Å². The molecular weight excluding hydrogens is 234 g/mol. The van der Waals surface area contributed by atoms with Crippen LogP contribution in [-0.4, -0.2) is 6.54 Å². The Morgan fingerprint density at radius 3 is 2.05 bits per heavy atom. The summed E-state index contributed by atoms with van der Waals surface area (Å²) in [6.45, 7) is 14.5. The standard InChI is InChI=1S/C10H18.C4H10N.C3H6O/c1-7-4-5-8-6-9(7)10(8,2)3;1-2-3-4-5;1-3(2)4/h7-9H,4-6H2,1-3H3;5H,2-4H2,1H3;4H,1H2,2H3/q;-1;/p-1. The average Bonchev–Trinajstić information content (AvgIpc) is 2.29. The molecule has 2 bridgehead atoms. The van der Waals surface area contributed by atoms with Gasteiger partial charge in [0, 0.05) is 0 Å². The number of hydrogen-bond donors (Lipinski definition) is 0. The normalized spacial score (nSPS) is 29.9. The lowest BCUT2D eigenvalue weighted by Crippen LogP contribution is -2.51. The second-order valence-electron chi connectivity index (χ2n) is 6.72. The summed E-state index contributed by atoms with van der Waals surface area (Å²) < 4.78 is 0. The highest BCUT2D eigenvalue weighted by atomic mass is 16.3. The molecule has 0 radical (unpaired) electrons. The monoisotopic (exact) mass is 267 g/mol. The first-order valence-electron chi connectivity index (χ1n) is 7.74. The van der Waals surface area contributed by atoms with Crippen LogP contribution in [0.2, 0.25) is 0 Å². The van der Waals surface area contributed by atoms with Crippen molar-refractivity contribution in [3.63, 3.8) is 0 Å². The van der Waals surface area contributed by atoms with Gasteiger partial charge < -0.3 is 10.8 Å². The lowest BCUT2D eigenvalue weighted by atomic mass is 9.46. The van der Waals surface area contributed by atoms with E-state index in [0.29, 0.717) is 12.0 Å². The topological polar surface area (TPSA) is 46.9 Å². The zero-order valence-electron chi connectivity index (χ0n) is 13.6. The second kappa shape index (κ2) is 8.63. The molecule has 2 heteroatoms. The van der Waals surface area contributed by atoms with Crippen LogP contribution in [0.5, 0.6) is 0 Å². The van der Waals surface area contributed by atoms with Gasteiger partial charge in [-0.3, -0.25) is 0 Å². The minimum atomic E-state index is -0.0833. The number of unbranched alkanes of at least 4 members (excludes halogenated alkanes) is 1. The van der Waals surface area contributed by atoms with Crippen LogP contribution in [0.4, 0.5) is 0 Å². The third-order valence-corrected chi connectivity index (χ3v) is 4.73. The second-order valence-corrected chi connectivity index (χ2v) is 6.72. The van der Waals surface area contributed by atoms with Gasteiger partial charge in [0.2, 0.25) is 0 Å². The fourth-order valence-electron chi connectivity index (χ4n) is 3.35. The van der Waals surface area contributed by atoms with Crippen LogP contribution in [-0.2, 0) is 0 Å². The zero-order chi connectivity index (χ0) is 15.1. The van der Waals surface area contributed by atoms with Gasteiger partial charge in [0.1, 0.15) is 0 Å². The molecule has 3 saturated carbocycles. The SMILES string of the molecule is C=C(C)[O-].CC1CCC2CC1C2(C)C.CCCC[NH-]. The average molecular weight is 267 g/mol. The number of nitrogens with one attached hydrogen (secondary N) is 1. The van der Waals surface area contributed by atoms with Gasteiger partial charge in [0.25, 0.3) is 0 Å². The van der Waals surface area contributed by atoms with Crippen LogP contribution in [0, 0.1) is 23.2 Å². The Hall–Kier alpha value is -0.500. The van der Waals surface area contributed by atoms with E-state index in [1.165, 1.54) is 26.2 Å². The van der Waals surface area contributed by atoms with Gasteiger partial charge in [-0.15, -0.1) is 12.3 Å². The minimum absolute atomic E-state index is 0.0833. The summed E-state index contributed by atoms with van der Waals surface area (Å²) in [6.07, 6.45) is 6.75. The summed E-state index contributed by atoms with van der Waals surface area (Å²) in [7, 11) is 0. The molecule has 3 fully saturated rings. The number of fused-ring (bicyclic) bond motifs is 2. The van der Waals surface area contributed by atoms with Crippen molar-refractivity contribution in [2.45, 2.75) is 66.7 Å². The van der Waals surface area contributed by atoms with Gasteiger partial charge in [-0.05, 0) is 36.0 Å². The molecule has 3 rings (SSSR count). The highest BCUT2D eigenvalue weighted by Gasteiger charge is 2.52. The van der Waals surface area contributed by atoms with Crippen LogP contribution in [0.3, 0.4) is 0 Å². The number of rotatable bonds is 2. The van der Waals surface area contributed by atoms with E-state index < -0.39 is 0 Å². The van der Waals surface area contributed by atoms with E-state index >= 15 is 0 Å². The summed E-state index contributed by atoms with van der Waals surface area (Å²) in [5.74, 6) is 3.07. The largest absolute Gasteiger partial charge is 0.876 e. The highest BCUT2D eigenvalue weighted by Crippen LogP contribution is 2.61. The van der Waals surface area contributed by atoms with Gasteiger partial charge in [-0.1, -0.05) is 53.9 Å². The molecule has 0 heterocycles. The Labute approximate surface area is 120 Å². The molecule has 114 valence electrons. The molecule has 3 atom stereocenters. The summed E-state index contributed by atoms with van der Waals surface area (Å²) in [6, 6.07) is 0. The van der Waals surface area contributed by atoms with E-state index in [1.54, 1.807) is 0 Å². The van der Waals surface area contributed by atoms with E-state index in [-0.39, 0.29) is 5.76 Å². The van der Waals surface area contributed by atoms with Gasteiger partial charge in [-0.2, -0.15) is 6.54 Å².